The monoisotopic (exact) mass is 612 g/mol. The Morgan fingerprint density at radius 1 is 1.17 bits per heavy atom. The summed E-state index contributed by atoms with van der Waals surface area (Å²) in [5, 5.41) is 15.2. The Balaban J connectivity index is 1.57. The summed E-state index contributed by atoms with van der Waals surface area (Å²) in [6.07, 6.45) is 7.23. The highest BCUT2D eigenvalue weighted by atomic mass is 35.5. The van der Waals surface area contributed by atoms with E-state index in [1.54, 1.807) is 23.1 Å². The molecule has 0 bridgehead atoms. The largest absolute Gasteiger partial charge is 0.495 e. The number of ether oxygens (including phenoxy) is 3. The van der Waals surface area contributed by atoms with Crippen LogP contribution in [0.15, 0.2) is 43.4 Å². The van der Waals surface area contributed by atoms with Crippen LogP contribution in [0.5, 0.6) is 11.5 Å². The summed E-state index contributed by atoms with van der Waals surface area (Å²) >= 11 is 13.4. The molecule has 1 fully saturated rings. The number of fused-ring (bicyclic) bond motifs is 1. The Morgan fingerprint density at radius 2 is 1.93 bits per heavy atom. The van der Waals surface area contributed by atoms with Crippen molar-refractivity contribution in [3.63, 3.8) is 0 Å². The molecule has 4 aromatic rings. The van der Waals surface area contributed by atoms with E-state index >= 15 is 0 Å². The second kappa shape index (κ2) is 12.8. The van der Waals surface area contributed by atoms with Crippen LogP contribution in [0, 0.1) is 0 Å². The molecule has 5 rings (SSSR count). The van der Waals surface area contributed by atoms with Gasteiger partial charge in [0.1, 0.15) is 23.1 Å². The molecule has 3 aromatic heterocycles. The summed E-state index contributed by atoms with van der Waals surface area (Å²) in [6.45, 7) is 4.94. The van der Waals surface area contributed by atoms with Crippen LogP contribution >= 0.6 is 23.2 Å². The molecule has 0 spiro atoms. The van der Waals surface area contributed by atoms with Crippen LogP contribution in [0.4, 0.5) is 11.6 Å². The van der Waals surface area contributed by atoms with E-state index in [1.807, 2.05) is 19.3 Å². The topological polar surface area (TPSA) is 137 Å². The van der Waals surface area contributed by atoms with Gasteiger partial charge in [-0.15, -0.1) is 0 Å². The van der Waals surface area contributed by atoms with Crippen LogP contribution < -0.4 is 25.4 Å². The fraction of sp³-hybridized carbons (Fsp3) is 0.321. The number of hydrogen-bond donors (Lipinski definition) is 3. The summed E-state index contributed by atoms with van der Waals surface area (Å²) in [7, 11) is 4.86. The molecule has 0 saturated carbocycles. The molecule has 1 aromatic carbocycles. The summed E-state index contributed by atoms with van der Waals surface area (Å²) in [5.41, 5.74) is 1.87. The van der Waals surface area contributed by atoms with Gasteiger partial charge in [0.2, 0.25) is 5.91 Å². The number of rotatable bonds is 10. The van der Waals surface area contributed by atoms with E-state index in [0.29, 0.717) is 65.8 Å². The molecular formula is C28H30Cl2N8O4. The summed E-state index contributed by atoms with van der Waals surface area (Å²) < 4.78 is 18.3. The number of anilines is 2. The minimum atomic E-state index is -0.241. The average Bonchev–Trinajstić information content (AvgIpc) is 3.42. The second-order valence-corrected chi connectivity index (χ2v) is 10.3. The van der Waals surface area contributed by atoms with Crippen LogP contribution in [0.3, 0.4) is 0 Å². The minimum absolute atomic E-state index is 0.157. The predicted molar refractivity (Wildman–Crippen MR) is 161 cm³/mol. The first-order valence-electron chi connectivity index (χ1n) is 13.1. The van der Waals surface area contributed by atoms with E-state index in [4.69, 9.17) is 47.4 Å². The highest BCUT2D eigenvalue weighted by Gasteiger charge is 2.27. The van der Waals surface area contributed by atoms with Gasteiger partial charge in [-0.2, -0.15) is 5.10 Å². The molecule has 42 heavy (non-hydrogen) atoms. The van der Waals surface area contributed by atoms with Gasteiger partial charge >= 0.3 is 0 Å². The van der Waals surface area contributed by atoms with E-state index in [-0.39, 0.29) is 33.9 Å². The first-order chi connectivity index (χ1) is 20.3. The van der Waals surface area contributed by atoms with Crippen molar-refractivity contribution < 1.29 is 19.0 Å². The zero-order valence-electron chi connectivity index (χ0n) is 23.3. The van der Waals surface area contributed by atoms with Crippen LogP contribution in [0.25, 0.3) is 22.3 Å². The first kappa shape index (κ1) is 29.4. The van der Waals surface area contributed by atoms with Crippen molar-refractivity contribution in [2.45, 2.75) is 25.0 Å². The minimum Gasteiger partial charge on any atom is -0.495 e. The molecule has 0 unspecified atom stereocenters. The van der Waals surface area contributed by atoms with Crippen LogP contribution in [-0.2, 0) is 23.1 Å². The van der Waals surface area contributed by atoms with E-state index in [9.17, 15) is 4.79 Å². The highest BCUT2D eigenvalue weighted by molar-refractivity contribution is 6.41. The third-order valence-electron chi connectivity index (χ3n) is 6.80. The molecule has 0 aliphatic carbocycles. The molecule has 1 saturated heterocycles. The van der Waals surface area contributed by atoms with Crippen LogP contribution in [0.2, 0.25) is 10.0 Å². The number of halogens is 2. The Hall–Kier alpha value is -4.13. The molecule has 1 aliphatic heterocycles. The third-order valence-corrected chi connectivity index (χ3v) is 7.55. The lowest BCUT2D eigenvalue weighted by atomic mass is 10.0. The fourth-order valence-corrected chi connectivity index (χ4v) is 5.34. The van der Waals surface area contributed by atoms with Crippen molar-refractivity contribution in [2.75, 3.05) is 38.1 Å². The van der Waals surface area contributed by atoms with Crippen LogP contribution in [0.1, 0.15) is 12.0 Å². The van der Waals surface area contributed by atoms with Crippen molar-refractivity contribution in [1.82, 2.24) is 30.0 Å². The maximum Gasteiger partial charge on any atom is 0.243 e. The number of aryl methyl sites for hydroxylation is 1. The molecule has 0 radical (unpaired) electrons. The Kier molecular flexibility index (Phi) is 8.95. The van der Waals surface area contributed by atoms with Gasteiger partial charge in [0, 0.05) is 43.4 Å². The third kappa shape index (κ3) is 6.20. The molecule has 14 heteroatoms. The molecule has 4 heterocycles. The lowest BCUT2D eigenvalue weighted by Crippen LogP contribution is -2.52. The summed E-state index contributed by atoms with van der Waals surface area (Å²) in [4.78, 5) is 26.2. The molecule has 2 atom stereocenters. The number of methoxy groups -OCH3 is 2. The van der Waals surface area contributed by atoms with E-state index in [2.05, 4.69) is 32.6 Å². The van der Waals surface area contributed by atoms with E-state index in [0.717, 1.165) is 5.56 Å². The van der Waals surface area contributed by atoms with Crippen molar-refractivity contribution in [3.05, 3.63) is 59.0 Å². The smallest absolute Gasteiger partial charge is 0.243 e. The number of amides is 1. The van der Waals surface area contributed by atoms with Gasteiger partial charge in [0.15, 0.2) is 5.82 Å². The lowest BCUT2D eigenvalue weighted by molar-refractivity contribution is -0.117. The van der Waals surface area contributed by atoms with Gasteiger partial charge in [-0.1, -0.05) is 29.8 Å². The maximum absolute atomic E-state index is 12.0. The van der Waals surface area contributed by atoms with E-state index < -0.39 is 0 Å². The number of aromatic nitrogens is 5. The van der Waals surface area contributed by atoms with Gasteiger partial charge in [0.25, 0.3) is 0 Å². The number of carbonyl (C=O) groups excluding carboxylic acids is 1. The Labute approximate surface area is 252 Å². The molecule has 1 amide bonds. The molecule has 12 nitrogen and oxygen atoms in total. The van der Waals surface area contributed by atoms with Gasteiger partial charge in [-0.05, 0) is 18.6 Å². The Morgan fingerprint density at radius 3 is 2.60 bits per heavy atom. The molecular weight excluding hydrogens is 583 g/mol. The van der Waals surface area contributed by atoms with Crippen molar-refractivity contribution in [2.24, 2.45) is 7.05 Å². The van der Waals surface area contributed by atoms with E-state index in [1.165, 1.54) is 20.3 Å². The number of nitrogens with one attached hydrogen (secondary N) is 3. The number of nitrogens with zero attached hydrogens (tertiary/aromatic N) is 5. The Bertz CT molecular complexity index is 1600. The predicted octanol–water partition coefficient (Wildman–Crippen LogP) is 4.23. The van der Waals surface area contributed by atoms with Gasteiger partial charge < -0.3 is 30.2 Å². The average molecular weight is 614 g/mol. The van der Waals surface area contributed by atoms with Gasteiger partial charge in [-0.3, -0.25) is 9.48 Å². The SMILES string of the molecule is C=CC(=O)N[C@H]1CCOC[C@H]1Nc1cc2c(NCc3cnn(C)c3)nc(-c3c(Cl)c(OC)cc(OC)c3Cl)nc2cn1. The summed E-state index contributed by atoms with van der Waals surface area (Å²) in [5.74, 6) is 1.84. The summed E-state index contributed by atoms with van der Waals surface area (Å²) in [6, 6.07) is 3.09. The highest BCUT2D eigenvalue weighted by Crippen LogP contribution is 2.45. The number of carbonyl (C=O) groups is 1. The lowest BCUT2D eigenvalue weighted by Gasteiger charge is -2.32. The zero-order valence-corrected chi connectivity index (χ0v) is 24.8. The van der Waals surface area contributed by atoms with Gasteiger partial charge in [0.05, 0.1) is 66.4 Å². The normalized spacial score (nSPS) is 16.6. The quantitative estimate of drug-likeness (QED) is 0.223. The molecule has 1 aliphatic rings. The fourth-order valence-electron chi connectivity index (χ4n) is 4.67. The number of hydrogen-bond acceptors (Lipinski definition) is 10. The van der Waals surface area contributed by atoms with Gasteiger partial charge in [-0.25, -0.2) is 15.0 Å². The first-order valence-corrected chi connectivity index (χ1v) is 13.8. The van der Waals surface area contributed by atoms with Crippen molar-refractivity contribution in [1.29, 1.82) is 0 Å². The van der Waals surface area contributed by atoms with Crippen molar-refractivity contribution in [3.8, 4) is 22.9 Å². The maximum atomic E-state index is 12.0. The zero-order chi connectivity index (χ0) is 29.8. The molecule has 3 N–H and O–H groups in total. The standard InChI is InChI=1S/C28H30Cl2N8O4/c1-5-23(39)35-17-6-7-42-14-19(17)34-22-8-16-18(12-31-22)36-28(37-27(16)32-10-15-11-33-38(2)13-15)24-25(29)20(40-3)9-21(41-4)26(24)30/h5,8-9,11-13,17,19H,1,6-7,10,14H2,2-4H3,(H,31,34)(H,35,39)(H,32,36,37)/t17-,19+/m0/s1. The number of pyridine rings is 1. The van der Waals surface area contributed by atoms with Crippen molar-refractivity contribution >= 4 is 51.6 Å². The second-order valence-electron chi connectivity index (χ2n) is 9.58. The number of benzene rings is 1. The van der Waals surface area contributed by atoms with Crippen LogP contribution in [-0.4, -0.2) is 70.2 Å². The molecule has 220 valence electrons.